The Morgan fingerprint density at radius 3 is 1.02 bits per heavy atom. The molecule has 3 N–H and O–H groups in total. The van der Waals surface area contributed by atoms with Gasteiger partial charge in [-0.1, -0.05) is 315 Å². The average Bonchev–Trinajstić information content (AvgIpc) is 3.57. The molecule has 1 heterocycles. The summed E-state index contributed by atoms with van der Waals surface area (Å²) in [5.74, 6) is -3.06. The molecule has 0 radical (unpaired) electrons. The first-order valence-electron chi connectivity index (χ1n) is 35.7. The van der Waals surface area contributed by atoms with E-state index in [1.807, 2.05) is 0 Å². The molecule has 0 aliphatic carbocycles. The normalized spacial score (nSPS) is 17.5. The van der Waals surface area contributed by atoms with Gasteiger partial charge < -0.3 is 39.0 Å². The number of hydrogen-bond donors (Lipinski definition) is 3. The number of allylic oxidation sites excluding steroid dienone is 2. The Labute approximate surface area is 509 Å². The Kier molecular flexibility index (Phi) is 56.5. The Hall–Kier alpha value is -2.54. The van der Waals surface area contributed by atoms with Crippen molar-refractivity contribution in [3.05, 3.63) is 12.2 Å². The maximum atomic E-state index is 13.2. The highest BCUT2D eigenvalue weighted by Gasteiger charge is 2.50. The summed E-state index contributed by atoms with van der Waals surface area (Å²) >= 11 is 0. The van der Waals surface area contributed by atoms with E-state index in [4.69, 9.17) is 23.7 Å². The molecule has 6 atom stereocenters. The lowest BCUT2D eigenvalue weighted by Crippen LogP contribution is -2.61. The highest BCUT2D eigenvalue weighted by Crippen LogP contribution is 2.27. The maximum absolute atomic E-state index is 13.2. The van der Waals surface area contributed by atoms with Gasteiger partial charge in [-0.25, -0.2) is 4.79 Å². The first-order chi connectivity index (χ1) is 40.6. The number of hydrogen-bond acceptors (Lipinski definition) is 11. The minimum absolute atomic E-state index is 0.0699. The van der Waals surface area contributed by atoms with Crippen LogP contribution in [-0.4, -0.2) is 89.2 Å². The van der Waals surface area contributed by atoms with Crippen LogP contribution in [0.4, 0.5) is 0 Å². The van der Waals surface area contributed by atoms with Gasteiger partial charge in [0, 0.05) is 19.3 Å². The summed E-state index contributed by atoms with van der Waals surface area (Å²) in [4.78, 5) is 51.5. The lowest BCUT2D eigenvalue weighted by Gasteiger charge is -2.40. The predicted octanol–water partition coefficient (Wildman–Crippen LogP) is 19.6. The zero-order valence-electron chi connectivity index (χ0n) is 54.2. The summed E-state index contributed by atoms with van der Waals surface area (Å²) in [5.41, 5.74) is 0. The van der Waals surface area contributed by atoms with Crippen LogP contribution in [0, 0.1) is 0 Å². The van der Waals surface area contributed by atoms with E-state index < -0.39 is 67.3 Å². The second-order valence-corrected chi connectivity index (χ2v) is 24.9. The molecule has 0 aromatic carbocycles. The van der Waals surface area contributed by atoms with Crippen molar-refractivity contribution in [1.29, 1.82) is 0 Å². The number of carbonyl (C=O) groups is 4. The number of ether oxygens (including phenoxy) is 5. The van der Waals surface area contributed by atoms with E-state index in [0.29, 0.717) is 19.3 Å². The molecule has 0 aromatic rings. The van der Waals surface area contributed by atoms with Gasteiger partial charge in [0.25, 0.3) is 0 Å². The number of aliphatic hydroxyl groups excluding tert-OH is 2. The topological polar surface area (TPSA) is 175 Å². The van der Waals surface area contributed by atoms with E-state index in [1.54, 1.807) is 0 Å². The quantitative estimate of drug-likeness (QED) is 0.0228. The van der Waals surface area contributed by atoms with Crippen molar-refractivity contribution in [3.8, 4) is 0 Å². The molecule has 83 heavy (non-hydrogen) atoms. The van der Waals surface area contributed by atoms with Gasteiger partial charge in [-0.2, -0.15) is 0 Å². The second-order valence-electron chi connectivity index (χ2n) is 24.9. The summed E-state index contributed by atoms with van der Waals surface area (Å²) in [6.45, 7) is 6.08. The van der Waals surface area contributed by atoms with Gasteiger partial charge in [0.15, 0.2) is 24.6 Å². The lowest BCUT2D eigenvalue weighted by molar-refractivity contribution is -0.301. The summed E-state index contributed by atoms with van der Waals surface area (Å²) < 4.78 is 28.7. The van der Waals surface area contributed by atoms with E-state index >= 15 is 0 Å². The molecule has 0 amide bonds. The van der Waals surface area contributed by atoms with E-state index in [0.717, 1.165) is 57.8 Å². The number of aliphatic carboxylic acids is 1. The molecule has 488 valence electrons. The SMILES string of the molecule is CCCCCCCC/C=C\CCCCCCCCCCCC(=O)OCC(COC1OC(C(=O)O)C(O)C(O)C1OC(=O)CCCCCCCCCCCCCCCCCCCCC)OC(=O)CCCCCCCCCCCCCCCCC. The number of carboxylic acids is 1. The molecular formula is C71H132O12. The molecule has 0 aromatic heterocycles. The van der Waals surface area contributed by atoms with Gasteiger partial charge in [-0.15, -0.1) is 0 Å². The summed E-state index contributed by atoms with van der Waals surface area (Å²) in [7, 11) is 0. The van der Waals surface area contributed by atoms with E-state index in [1.165, 1.54) is 250 Å². The molecule has 12 heteroatoms. The van der Waals surface area contributed by atoms with Gasteiger partial charge in [0.2, 0.25) is 0 Å². The van der Waals surface area contributed by atoms with E-state index in [2.05, 4.69) is 32.9 Å². The molecule has 1 rings (SSSR count). The van der Waals surface area contributed by atoms with Crippen LogP contribution in [0.5, 0.6) is 0 Å². The second kappa shape index (κ2) is 59.8. The van der Waals surface area contributed by atoms with Crippen molar-refractivity contribution in [1.82, 2.24) is 0 Å². The number of carboxylic acid groups (broad SMARTS) is 1. The van der Waals surface area contributed by atoms with Gasteiger partial charge >= 0.3 is 23.9 Å². The zero-order chi connectivity index (χ0) is 60.3. The van der Waals surface area contributed by atoms with Crippen molar-refractivity contribution >= 4 is 23.9 Å². The Morgan fingerprint density at radius 2 is 0.687 bits per heavy atom. The van der Waals surface area contributed by atoms with Crippen LogP contribution in [0.1, 0.15) is 367 Å². The van der Waals surface area contributed by atoms with Crippen LogP contribution < -0.4 is 0 Å². The van der Waals surface area contributed by atoms with Gasteiger partial charge in [-0.3, -0.25) is 14.4 Å². The predicted molar refractivity (Wildman–Crippen MR) is 340 cm³/mol. The zero-order valence-corrected chi connectivity index (χ0v) is 54.2. The molecule has 1 aliphatic heterocycles. The third kappa shape index (κ3) is 49.2. The maximum Gasteiger partial charge on any atom is 0.335 e. The van der Waals surface area contributed by atoms with Crippen molar-refractivity contribution in [3.63, 3.8) is 0 Å². The number of unbranched alkanes of at least 4 members (excludes halogenated alkanes) is 47. The van der Waals surface area contributed by atoms with E-state index in [9.17, 15) is 34.5 Å². The largest absolute Gasteiger partial charge is 0.479 e. The third-order valence-electron chi connectivity index (χ3n) is 16.8. The number of esters is 3. The van der Waals surface area contributed by atoms with Crippen LogP contribution in [0.3, 0.4) is 0 Å². The summed E-state index contributed by atoms with van der Waals surface area (Å²) in [5, 5.41) is 31.7. The van der Waals surface area contributed by atoms with Crippen LogP contribution in [0.15, 0.2) is 12.2 Å². The number of aliphatic hydroxyl groups is 2. The smallest absolute Gasteiger partial charge is 0.335 e. The first-order valence-corrected chi connectivity index (χ1v) is 35.7. The Morgan fingerprint density at radius 1 is 0.386 bits per heavy atom. The fourth-order valence-corrected chi connectivity index (χ4v) is 11.4. The van der Waals surface area contributed by atoms with Crippen LogP contribution in [0.25, 0.3) is 0 Å². The molecule has 0 bridgehead atoms. The lowest BCUT2D eigenvalue weighted by atomic mass is 9.98. The molecule has 0 spiro atoms. The average molecular weight is 1180 g/mol. The van der Waals surface area contributed by atoms with Crippen LogP contribution in [-0.2, 0) is 42.9 Å². The van der Waals surface area contributed by atoms with Gasteiger partial charge in [-0.05, 0) is 44.9 Å². The molecule has 0 saturated carbocycles. The van der Waals surface area contributed by atoms with Gasteiger partial charge in [0.05, 0.1) is 6.61 Å². The van der Waals surface area contributed by atoms with Crippen molar-refractivity contribution in [2.24, 2.45) is 0 Å². The van der Waals surface area contributed by atoms with Crippen molar-refractivity contribution in [2.45, 2.75) is 404 Å². The fourth-order valence-electron chi connectivity index (χ4n) is 11.4. The number of rotatable bonds is 63. The molecule has 6 unspecified atom stereocenters. The van der Waals surface area contributed by atoms with Crippen LogP contribution in [0.2, 0.25) is 0 Å². The Balaban J connectivity index is 2.59. The molecule has 12 nitrogen and oxygen atoms in total. The van der Waals surface area contributed by atoms with Crippen LogP contribution >= 0.6 is 0 Å². The number of carbonyl (C=O) groups excluding carboxylic acids is 3. The standard InChI is InChI=1S/C71H132O12/c1-4-7-10-13-16-19-22-25-28-30-32-34-37-39-42-45-48-51-54-57-63(72)79-60-62(81-64(73)58-55-52-49-46-43-40-36-27-24-21-18-15-12-9-6-3)61-80-71-69(67(76)66(75)68(83-71)70(77)78)82-65(74)59-56-53-50-47-44-41-38-35-33-31-29-26-23-20-17-14-11-8-5-2/h25,28,62,66-69,71,75-76H,4-24,26-27,29-61H2,1-3H3,(H,77,78)/b28-25-. The molecule has 1 aliphatic rings. The minimum Gasteiger partial charge on any atom is -0.479 e. The van der Waals surface area contributed by atoms with Gasteiger partial charge in [0.1, 0.15) is 18.8 Å². The molecule has 1 saturated heterocycles. The van der Waals surface area contributed by atoms with Crippen molar-refractivity contribution in [2.75, 3.05) is 13.2 Å². The monoisotopic (exact) mass is 1180 g/mol. The highest BCUT2D eigenvalue weighted by atomic mass is 16.7. The molecular weight excluding hydrogens is 1040 g/mol. The highest BCUT2D eigenvalue weighted by molar-refractivity contribution is 5.74. The summed E-state index contributed by atoms with van der Waals surface area (Å²) in [6.07, 6.45) is 57.4. The first kappa shape index (κ1) is 78.5. The minimum atomic E-state index is -1.90. The van der Waals surface area contributed by atoms with E-state index in [-0.39, 0.29) is 25.9 Å². The molecule has 1 fully saturated rings. The Bertz CT molecular complexity index is 1490. The third-order valence-corrected chi connectivity index (χ3v) is 16.8. The summed E-state index contributed by atoms with van der Waals surface area (Å²) in [6, 6.07) is 0. The van der Waals surface area contributed by atoms with Crippen molar-refractivity contribution < 1.29 is 58.2 Å². The fraction of sp³-hybridized carbons (Fsp3) is 0.915.